The molecule has 156 valence electrons. The minimum absolute atomic E-state index is 0.269. The van der Waals surface area contributed by atoms with Crippen LogP contribution in [0.1, 0.15) is 21.7 Å². The van der Waals surface area contributed by atoms with Crippen LogP contribution in [0.5, 0.6) is 5.75 Å². The zero-order valence-corrected chi connectivity index (χ0v) is 18.1. The molecule has 31 heavy (non-hydrogen) atoms. The van der Waals surface area contributed by atoms with E-state index < -0.39 is 0 Å². The van der Waals surface area contributed by atoms with E-state index in [9.17, 15) is 4.79 Å². The summed E-state index contributed by atoms with van der Waals surface area (Å²) in [6, 6.07) is 22.1. The molecule has 3 aromatic carbocycles. The third-order valence-corrected chi connectivity index (χ3v) is 5.26. The van der Waals surface area contributed by atoms with E-state index in [-0.39, 0.29) is 11.5 Å². The second-order valence-electron chi connectivity index (χ2n) is 6.82. The first-order valence-electron chi connectivity index (χ1n) is 9.51. The second-order valence-corrected chi connectivity index (χ2v) is 7.63. The highest BCUT2D eigenvalue weighted by Gasteiger charge is 2.25. The summed E-state index contributed by atoms with van der Waals surface area (Å²) >= 11 is 12.6. The fraction of sp³-hybridized carbons (Fsp3) is 0.0833. The highest BCUT2D eigenvalue weighted by Crippen LogP contribution is 2.37. The molecule has 7 heteroatoms. The summed E-state index contributed by atoms with van der Waals surface area (Å²) in [7, 11) is 0. The van der Waals surface area contributed by atoms with Gasteiger partial charge in [0, 0.05) is 17.3 Å². The Morgan fingerprint density at radius 1 is 1.00 bits per heavy atom. The normalized spacial score (nSPS) is 10.7. The second kappa shape index (κ2) is 9.25. The summed E-state index contributed by atoms with van der Waals surface area (Å²) in [5.41, 5.74) is 2.64. The maximum Gasteiger partial charge on any atom is 0.261 e. The zero-order chi connectivity index (χ0) is 21.8. The van der Waals surface area contributed by atoms with E-state index in [1.165, 1.54) is 0 Å². The number of aryl methyl sites for hydroxylation is 1. The monoisotopic (exact) mass is 452 g/mol. The Labute approximate surface area is 189 Å². The lowest BCUT2D eigenvalue weighted by Crippen LogP contribution is -2.13. The van der Waals surface area contributed by atoms with Gasteiger partial charge in [-0.2, -0.15) is 0 Å². The minimum atomic E-state index is -0.384. The summed E-state index contributed by atoms with van der Waals surface area (Å²) in [6.45, 7) is 2.09. The van der Waals surface area contributed by atoms with Gasteiger partial charge < -0.3 is 14.6 Å². The van der Waals surface area contributed by atoms with Crippen LogP contribution >= 0.6 is 23.2 Å². The molecule has 0 fully saturated rings. The van der Waals surface area contributed by atoms with Crippen molar-refractivity contribution in [2.24, 2.45) is 0 Å². The van der Waals surface area contributed by atoms with E-state index in [1.54, 1.807) is 37.3 Å². The van der Waals surface area contributed by atoms with Crippen LogP contribution in [0.15, 0.2) is 77.3 Å². The molecule has 0 radical (unpaired) electrons. The number of halogens is 2. The first-order chi connectivity index (χ1) is 15.0. The van der Waals surface area contributed by atoms with Crippen molar-refractivity contribution in [1.29, 1.82) is 0 Å². The van der Waals surface area contributed by atoms with Crippen LogP contribution in [0.25, 0.3) is 11.3 Å². The summed E-state index contributed by atoms with van der Waals surface area (Å²) in [5, 5.41) is 7.65. The summed E-state index contributed by atoms with van der Waals surface area (Å²) in [6.07, 6.45) is 0. The number of nitrogens with zero attached hydrogens (tertiary/aromatic N) is 1. The Kier molecular flexibility index (Phi) is 6.26. The summed E-state index contributed by atoms with van der Waals surface area (Å²) in [5.74, 6) is 0.614. The maximum absolute atomic E-state index is 13.1. The van der Waals surface area contributed by atoms with Crippen LogP contribution < -0.4 is 10.1 Å². The molecule has 0 aliphatic heterocycles. The van der Waals surface area contributed by atoms with Crippen molar-refractivity contribution in [3.05, 3.63) is 99.7 Å². The molecule has 0 unspecified atom stereocenters. The number of benzene rings is 3. The molecule has 1 amide bonds. The maximum atomic E-state index is 13.1. The molecule has 5 nitrogen and oxygen atoms in total. The fourth-order valence-electron chi connectivity index (χ4n) is 3.13. The van der Waals surface area contributed by atoms with Gasteiger partial charge in [-0.15, -0.1) is 0 Å². The number of anilines is 1. The van der Waals surface area contributed by atoms with E-state index in [0.29, 0.717) is 45.1 Å². The molecule has 0 aliphatic rings. The molecular formula is C24H18Cl2N2O3. The SMILES string of the molecule is Cc1onc(-c2c(Cl)cccc2Cl)c1C(=O)Nc1cccc(OCc2ccccc2)c1. The number of carbonyl (C=O) groups excluding carboxylic acids is 1. The van der Waals surface area contributed by atoms with Gasteiger partial charge in [0.25, 0.3) is 5.91 Å². The van der Waals surface area contributed by atoms with Crippen LogP contribution in [-0.4, -0.2) is 11.1 Å². The predicted molar refractivity (Wildman–Crippen MR) is 122 cm³/mol. The third-order valence-electron chi connectivity index (χ3n) is 4.63. The van der Waals surface area contributed by atoms with Crippen LogP contribution in [0.2, 0.25) is 10.0 Å². The number of ether oxygens (including phenoxy) is 1. The van der Waals surface area contributed by atoms with E-state index in [2.05, 4.69) is 10.5 Å². The molecule has 1 heterocycles. The number of carbonyl (C=O) groups is 1. The average molecular weight is 453 g/mol. The van der Waals surface area contributed by atoms with Gasteiger partial charge in [0.05, 0.1) is 10.0 Å². The standard InChI is InChI=1S/C24H18Cl2N2O3/c1-15-21(23(28-31-15)22-19(25)11-6-12-20(22)26)24(29)27-17-9-5-10-18(13-17)30-14-16-7-3-2-4-8-16/h2-13H,14H2,1H3,(H,27,29). The molecule has 4 rings (SSSR count). The molecule has 1 N–H and O–H groups in total. The zero-order valence-electron chi connectivity index (χ0n) is 16.6. The average Bonchev–Trinajstić information content (AvgIpc) is 3.14. The number of amides is 1. The van der Waals surface area contributed by atoms with Crippen molar-refractivity contribution in [3.8, 4) is 17.0 Å². The van der Waals surface area contributed by atoms with Crippen molar-refractivity contribution in [1.82, 2.24) is 5.16 Å². The first kappa shape index (κ1) is 21.0. The largest absolute Gasteiger partial charge is 0.489 e. The molecule has 4 aromatic rings. The van der Waals surface area contributed by atoms with Crippen LogP contribution in [0, 0.1) is 6.92 Å². The van der Waals surface area contributed by atoms with Gasteiger partial charge in [0.1, 0.15) is 29.4 Å². The Balaban J connectivity index is 1.55. The predicted octanol–water partition coefficient (Wildman–Crippen LogP) is 6.79. The topological polar surface area (TPSA) is 64.4 Å². The van der Waals surface area contributed by atoms with Gasteiger partial charge in [0.15, 0.2) is 0 Å². The van der Waals surface area contributed by atoms with Gasteiger partial charge in [-0.3, -0.25) is 4.79 Å². The Morgan fingerprint density at radius 3 is 2.45 bits per heavy atom. The smallest absolute Gasteiger partial charge is 0.261 e. The lowest BCUT2D eigenvalue weighted by Gasteiger charge is -2.10. The third kappa shape index (κ3) is 4.74. The molecule has 0 saturated carbocycles. The highest BCUT2D eigenvalue weighted by molar-refractivity contribution is 6.39. The van der Waals surface area contributed by atoms with Gasteiger partial charge in [0.2, 0.25) is 0 Å². The van der Waals surface area contributed by atoms with E-state index >= 15 is 0 Å². The first-order valence-corrected chi connectivity index (χ1v) is 10.3. The Bertz CT molecular complexity index is 1200. The molecule has 0 saturated heterocycles. The van der Waals surface area contributed by atoms with E-state index in [1.807, 2.05) is 42.5 Å². The molecule has 0 atom stereocenters. The van der Waals surface area contributed by atoms with E-state index in [0.717, 1.165) is 5.56 Å². The molecular weight excluding hydrogens is 435 g/mol. The fourth-order valence-corrected chi connectivity index (χ4v) is 3.71. The van der Waals surface area contributed by atoms with Gasteiger partial charge in [-0.05, 0) is 36.8 Å². The van der Waals surface area contributed by atoms with Crippen molar-refractivity contribution in [2.75, 3.05) is 5.32 Å². The lowest BCUT2D eigenvalue weighted by molar-refractivity contribution is 0.102. The lowest BCUT2D eigenvalue weighted by atomic mass is 10.1. The minimum Gasteiger partial charge on any atom is -0.489 e. The van der Waals surface area contributed by atoms with Gasteiger partial charge in [-0.25, -0.2) is 0 Å². The number of rotatable bonds is 6. The number of hydrogen-bond acceptors (Lipinski definition) is 4. The molecule has 0 bridgehead atoms. The Morgan fingerprint density at radius 2 is 1.71 bits per heavy atom. The van der Waals surface area contributed by atoms with Gasteiger partial charge >= 0.3 is 0 Å². The number of nitrogens with one attached hydrogen (secondary N) is 1. The van der Waals surface area contributed by atoms with Crippen molar-refractivity contribution in [2.45, 2.75) is 13.5 Å². The van der Waals surface area contributed by atoms with Crippen molar-refractivity contribution in [3.63, 3.8) is 0 Å². The van der Waals surface area contributed by atoms with Crippen LogP contribution in [-0.2, 0) is 6.61 Å². The number of hydrogen-bond donors (Lipinski definition) is 1. The highest BCUT2D eigenvalue weighted by atomic mass is 35.5. The molecule has 1 aromatic heterocycles. The number of aromatic nitrogens is 1. The molecule has 0 aliphatic carbocycles. The summed E-state index contributed by atoms with van der Waals surface area (Å²) < 4.78 is 11.1. The van der Waals surface area contributed by atoms with E-state index in [4.69, 9.17) is 32.5 Å². The van der Waals surface area contributed by atoms with Crippen molar-refractivity contribution < 1.29 is 14.1 Å². The molecule has 0 spiro atoms. The van der Waals surface area contributed by atoms with Crippen molar-refractivity contribution >= 4 is 34.8 Å². The van der Waals surface area contributed by atoms with Crippen LogP contribution in [0.3, 0.4) is 0 Å². The van der Waals surface area contributed by atoms with Gasteiger partial charge in [-0.1, -0.05) is 70.8 Å². The van der Waals surface area contributed by atoms with Crippen LogP contribution in [0.4, 0.5) is 5.69 Å². The quantitative estimate of drug-likeness (QED) is 0.349. The Hall–Kier alpha value is -3.28. The summed E-state index contributed by atoms with van der Waals surface area (Å²) in [4.78, 5) is 13.1.